The minimum absolute atomic E-state index is 0.0103. The summed E-state index contributed by atoms with van der Waals surface area (Å²) in [4.78, 5) is 30.0. The van der Waals surface area contributed by atoms with Gasteiger partial charge in [-0.05, 0) is 61.1 Å². The van der Waals surface area contributed by atoms with Gasteiger partial charge in [-0.25, -0.2) is 0 Å². The number of hydrogen-bond donors (Lipinski definition) is 1. The Hall–Kier alpha value is -3.79. The van der Waals surface area contributed by atoms with Crippen molar-refractivity contribution in [2.75, 3.05) is 20.1 Å². The molecule has 2 fully saturated rings. The number of ether oxygens (including phenoxy) is 2. The molecule has 222 valence electrons. The zero-order chi connectivity index (χ0) is 30.0. The van der Waals surface area contributed by atoms with Gasteiger partial charge >= 0.3 is 12.1 Å². The van der Waals surface area contributed by atoms with Gasteiger partial charge in [-0.15, -0.1) is 6.58 Å². The molecule has 42 heavy (non-hydrogen) atoms. The maximum absolute atomic E-state index is 13.4. The van der Waals surface area contributed by atoms with Crippen molar-refractivity contribution in [3.05, 3.63) is 77.4 Å². The first-order valence-electron chi connectivity index (χ1n) is 14.1. The molecule has 2 aromatic rings. The summed E-state index contributed by atoms with van der Waals surface area (Å²) in [6, 6.07) is 7.59. The molecule has 0 unspecified atom stereocenters. The van der Waals surface area contributed by atoms with Crippen molar-refractivity contribution in [3.63, 3.8) is 0 Å². The van der Waals surface area contributed by atoms with E-state index in [-0.39, 0.29) is 17.7 Å². The van der Waals surface area contributed by atoms with Crippen LogP contribution in [0.1, 0.15) is 48.4 Å². The van der Waals surface area contributed by atoms with Gasteiger partial charge in [0.05, 0.1) is 23.1 Å². The molecule has 0 radical (unpaired) electrons. The maximum atomic E-state index is 13.4. The predicted molar refractivity (Wildman–Crippen MR) is 149 cm³/mol. The number of phenols is 1. The number of piperidine rings is 1. The zero-order valence-electron chi connectivity index (χ0n) is 23.5. The lowest BCUT2D eigenvalue weighted by molar-refractivity contribution is -0.222. The molecule has 4 aliphatic rings. The number of likely N-dealkylation sites (tertiary alicyclic amines) is 1. The second-order valence-electron chi connectivity index (χ2n) is 11.7. The van der Waals surface area contributed by atoms with Gasteiger partial charge < -0.3 is 19.5 Å². The molecule has 1 saturated carbocycles. The van der Waals surface area contributed by atoms with Crippen molar-refractivity contribution < 1.29 is 37.3 Å². The standard InChI is InChI=1S/C32H33F3N2O5/c1-4-16-37-17-15-30-27-21-8-11-24(39)28(27)41-29(30)23(13-14-31(30,25(37)18-21)42-19(2)38)36(3)26(40)12-7-20-5-9-22(10-6-20)32(33,34)35/h4-12,23,25,29,39H,1,13-18H2,2-3H3/t23-,25+,29-,30-,31+/m0/s1. The van der Waals surface area contributed by atoms with Crippen LogP contribution in [-0.4, -0.2) is 70.7 Å². The van der Waals surface area contributed by atoms with Crippen LogP contribution in [0.4, 0.5) is 13.2 Å². The van der Waals surface area contributed by atoms with Gasteiger partial charge in [0.1, 0.15) is 11.7 Å². The van der Waals surface area contributed by atoms with Crippen molar-refractivity contribution in [2.45, 2.75) is 68.0 Å². The molecule has 7 nitrogen and oxygen atoms in total. The summed E-state index contributed by atoms with van der Waals surface area (Å²) in [5, 5.41) is 10.9. The number of nitrogens with zero attached hydrogens (tertiary/aromatic N) is 2. The van der Waals surface area contributed by atoms with Crippen LogP contribution in [0, 0.1) is 0 Å². The Morgan fingerprint density at radius 1 is 1.21 bits per heavy atom. The van der Waals surface area contributed by atoms with Gasteiger partial charge in [0.15, 0.2) is 11.5 Å². The summed E-state index contributed by atoms with van der Waals surface area (Å²) in [5.74, 6) is -0.330. The summed E-state index contributed by atoms with van der Waals surface area (Å²) in [5.41, 5.74) is -0.0985. The third-order valence-corrected chi connectivity index (χ3v) is 9.69. The first kappa shape index (κ1) is 28.3. The fourth-order valence-electron chi connectivity index (χ4n) is 8.05. The van der Waals surface area contributed by atoms with Crippen LogP contribution in [0.5, 0.6) is 11.5 Å². The number of aromatic hydroxyl groups is 1. The number of esters is 1. The second-order valence-corrected chi connectivity index (χ2v) is 11.7. The molecule has 2 aliphatic heterocycles. The largest absolute Gasteiger partial charge is 0.504 e. The molecule has 5 atom stereocenters. The quantitative estimate of drug-likeness (QED) is 0.298. The van der Waals surface area contributed by atoms with E-state index in [1.54, 1.807) is 18.0 Å². The molecule has 2 aromatic carbocycles. The van der Waals surface area contributed by atoms with Crippen molar-refractivity contribution in [2.24, 2.45) is 0 Å². The number of halogens is 3. The highest BCUT2D eigenvalue weighted by Crippen LogP contribution is 2.67. The van der Waals surface area contributed by atoms with E-state index in [0.717, 1.165) is 23.3 Å². The van der Waals surface area contributed by atoms with Gasteiger partial charge in [-0.1, -0.05) is 24.3 Å². The molecule has 1 spiro atoms. The van der Waals surface area contributed by atoms with Gasteiger partial charge in [0.2, 0.25) is 5.91 Å². The second kappa shape index (κ2) is 9.90. The van der Waals surface area contributed by atoms with Crippen molar-refractivity contribution in [3.8, 4) is 11.5 Å². The molecule has 1 N–H and O–H groups in total. The van der Waals surface area contributed by atoms with E-state index >= 15 is 0 Å². The average Bonchev–Trinajstić information content (AvgIpc) is 3.29. The van der Waals surface area contributed by atoms with E-state index < -0.39 is 40.9 Å². The molecule has 6 rings (SSSR count). The number of phenolic OH excluding ortho intramolecular Hbond substituents is 1. The van der Waals surface area contributed by atoms with Crippen molar-refractivity contribution in [1.29, 1.82) is 0 Å². The summed E-state index contributed by atoms with van der Waals surface area (Å²) in [7, 11) is 1.68. The van der Waals surface area contributed by atoms with Crippen LogP contribution < -0.4 is 4.74 Å². The molecule has 2 heterocycles. The van der Waals surface area contributed by atoms with E-state index in [1.807, 2.05) is 12.1 Å². The zero-order valence-corrected chi connectivity index (χ0v) is 23.5. The third kappa shape index (κ3) is 4.06. The number of hydrogen-bond acceptors (Lipinski definition) is 6. The van der Waals surface area contributed by atoms with Crippen molar-refractivity contribution in [1.82, 2.24) is 9.80 Å². The SMILES string of the molecule is C=CCN1CC[C@]23c4c5ccc(O)c4O[C@H]2[C@@H](N(C)C(=O)C=Cc2ccc(C(F)(F)F)cc2)CC[C@@]3(OC(C)=O)[C@H]1C5. The number of likely N-dealkylation sites (N-methyl/N-ethyl adjacent to an activating group) is 1. The minimum Gasteiger partial charge on any atom is -0.504 e. The van der Waals surface area contributed by atoms with E-state index in [9.17, 15) is 27.9 Å². The maximum Gasteiger partial charge on any atom is 0.416 e. The summed E-state index contributed by atoms with van der Waals surface area (Å²) < 4.78 is 51.8. The number of carbonyl (C=O) groups excluding carboxylic acids is 2. The Balaban J connectivity index is 1.37. The molecule has 0 aromatic heterocycles. The van der Waals surface area contributed by atoms with Crippen LogP contribution >= 0.6 is 0 Å². The van der Waals surface area contributed by atoms with Crippen LogP contribution in [0.15, 0.2) is 55.1 Å². The van der Waals surface area contributed by atoms with Crippen LogP contribution in [0.2, 0.25) is 0 Å². The summed E-state index contributed by atoms with van der Waals surface area (Å²) >= 11 is 0. The van der Waals surface area contributed by atoms with Gasteiger partial charge in [-0.2, -0.15) is 13.2 Å². The molecule has 1 saturated heterocycles. The molecule has 2 bridgehead atoms. The Morgan fingerprint density at radius 2 is 1.95 bits per heavy atom. The monoisotopic (exact) mass is 582 g/mol. The molecule has 2 aliphatic carbocycles. The van der Waals surface area contributed by atoms with E-state index in [0.29, 0.717) is 50.1 Å². The molecule has 10 heteroatoms. The average molecular weight is 583 g/mol. The minimum atomic E-state index is -4.44. The fraction of sp³-hybridized carbons (Fsp3) is 0.438. The lowest BCUT2D eigenvalue weighted by Crippen LogP contribution is -2.79. The summed E-state index contributed by atoms with van der Waals surface area (Å²) in [6.45, 7) is 6.67. The normalized spacial score (nSPS) is 29.5. The number of benzene rings is 2. The molecule has 1 amide bonds. The Bertz CT molecular complexity index is 1470. The first-order valence-corrected chi connectivity index (χ1v) is 14.1. The molecular formula is C32H33F3N2O5. The van der Waals surface area contributed by atoms with Crippen LogP contribution in [0.25, 0.3) is 6.08 Å². The van der Waals surface area contributed by atoms with Crippen molar-refractivity contribution >= 4 is 18.0 Å². The fourth-order valence-corrected chi connectivity index (χ4v) is 8.05. The number of alkyl halides is 3. The van der Waals surface area contributed by atoms with Crippen LogP contribution in [0.3, 0.4) is 0 Å². The lowest BCUT2D eigenvalue weighted by Gasteiger charge is -2.65. The Kier molecular flexibility index (Phi) is 6.68. The smallest absolute Gasteiger partial charge is 0.416 e. The van der Waals surface area contributed by atoms with Gasteiger partial charge in [0, 0.05) is 38.7 Å². The van der Waals surface area contributed by atoms with Gasteiger partial charge in [0.25, 0.3) is 0 Å². The lowest BCUT2D eigenvalue weighted by atomic mass is 9.48. The third-order valence-electron chi connectivity index (χ3n) is 9.69. The Labute approximate surface area is 242 Å². The first-order chi connectivity index (χ1) is 19.9. The van der Waals surface area contributed by atoms with E-state index in [4.69, 9.17) is 9.47 Å². The topological polar surface area (TPSA) is 79.3 Å². The highest BCUT2D eigenvalue weighted by Gasteiger charge is 2.75. The molecular weight excluding hydrogens is 549 g/mol. The predicted octanol–water partition coefficient (Wildman–Crippen LogP) is 4.86. The summed E-state index contributed by atoms with van der Waals surface area (Å²) in [6.07, 6.45) is 1.85. The van der Waals surface area contributed by atoms with E-state index in [1.165, 1.54) is 31.2 Å². The number of carbonyl (C=O) groups is 2. The Morgan fingerprint density at radius 3 is 2.62 bits per heavy atom. The van der Waals surface area contributed by atoms with Crippen LogP contribution in [-0.2, 0) is 32.3 Å². The highest BCUT2D eigenvalue weighted by atomic mass is 19.4. The van der Waals surface area contributed by atoms with Gasteiger partial charge in [-0.3, -0.25) is 14.5 Å². The number of rotatable bonds is 6. The highest BCUT2D eigenvalue weighted by molar-refractivity contribution is 5.92. The van der Waals surface area contributed by atoms with E-state index in [2.05, 4.69) is 11.5 Å². The number of amides is 1.